The lowest BCUT2D eigenvalue weighted by Gasteiger charge is -2.10. The van der Waals surface area contributed by atoms with Crippen LogP contribution in [-0.4, -0.2) is 31.1 Å². The molecule has 2 rings (SSSR count). The quantitative estimate of drug-likeness (QED) is 0.767. The molecule has 0 saturated carbocycles. The Morgan fingerprint density at radius 3 is 2.43 bits per heavy atom. The van der Waals surface area contributed by atoms with Crippen molar-refractivity contribution >= 4 is 22.7 Å². The van der Waals surface area contributed by atoms with Gasteiger partial charge in [-0.2, -0.15) is 8.78 Å². The molecule has 2 aromatic rings. The average Bonchev–Trinajstić information content (AvgIpc) is 2.51. The number of ether oxygens (including phenoxy) is 2. The topological polar surface area (TPSA) is 52.6 Å². The number of esters is 2. The highest BCUT2D eigenvalue weighted by atomic mass is 19.3. The fraction of sp³-hybridized carbons (Fsp3) is 0.294. The Hall–Kier alpha value is -2.50. The van der Waals surface area contributed by atoms with Gasteiger partial charge in [0.15, 0.2) is 6.61 Å². The zero-order chi connectivity index (χ0) is 16.9. The lowest BCUT2D eigenvalue weighted by molar-refractivity contribution is -0.175. The third kappa shape index (κ3) is 5.02. The molecule has 0 aliphatic carbocycles. The van der Waals surface area contributed by atoms with Gasteiger partial charge in [-0.1, -0.05) is 42.5 Å². The molecule has 0 aromatic heterocycles. The molecule has 0 saturated heterocycles. The zero-order valence-corrected chi connectivity index (χ0v) is 12.6. The Bertz CT molecular complexity index is 707. The molecule has 0 bridgehead atoms. The first-order valence-electron chi connectivity index (χ1n) is 7.04. The molecular weight excluding hydrogens is 306 g/mol. The molecule has 0 fully saturated rings. The second-order valence-corrected chi connectivity index (χ2v) is 5.12. The molecule has 0 aliphatic heterocycles. The molecule has 4 nitrogen and oxygen atoms in total. The molecule has 23 heavy (non-hydrogen) atoms. The molecule has 0 aliphatic rings. The monoisotopic (exact) mass is 322 g/mol. The van der Waals surface area contributed by atoms with Crippen LogP contribution >= 0.6 is 0 Å². The molecule has 122 valence electrons. The maximum atomic E-state index is 12.5. The number of hydrogen-bond donors (Lipinski definition) is 0. The van der Waals surface area contributed by atoms with Crippen molar-refractivity contribution in [2.45, 2.75) is 19.3 Å². The van der Waals surface area contributed by atoms with Crippen LogP contribution in [0.15, 0.2) is 42.5 Å². The van der Waals surface area contributed by atoms with Gasteiger partial charge in [-0.15, -0.1) is 0 Å². The fourth-order valence-corrected chi connectivity index (χ4v) is 1.97. The van der Waals surface area contributed by atoms with Crippen molar-refractivity contribution in [3.8, 4) is 0 Å². The maximum absolute atomic E-state index is 12.5. The summed E-state index contributed by atoms with van der Waals surface area (Å²) in [6, 6.07) is 13.7. The summed E-state index contributed by atoms with van der Waals surface area (Å²) in [4.78, 5) is 22.1. The highest BCUT2D eigenvalue weighted by molar-refractivity contribution is 5.83. The summed E-state index contributed by atoms with van der Waals surface area (Å²) < 4.78 is 34.1. The standard InChI is InChI=1S/C17H16F2O4/c1-17(18,19)16(21)23-11-15(20)22-9-8-12-6-7-13-4-2-3-5-14(13)10-12/h2-7,10H,8-9,11H2,1H3. The van der Waals surface area contributed by atoms with Gasteiger partial charge in [-0.3, -0.25) is 0 Å². The molecule has 0 amide bonds. The molecular formula is C17H16F2O4. The molecule has 0 radical (unpaired) electrons. The van der Waals surface area contributed by atoms with Crippen LogP contribution in [-0.2, 0) is 25.5 Å². The van der Waals surface area contributed by atoms with E-state index < -0.39 is 24.5 Å². The van der Waals surface area contributed by atoms with Gasteiger partial charge in [0.05, 0.1) is 6.61 Å². The summed E-state index contributed by atoms with van der Waals surface area (Å²) >= 11 is 0. The second kappa shape index (κ2) is 7.17. The number of rotatable bonds is 6. The van der Waals surface area contributed by atoms with Gasteiger partial charge in [0, 0.05) is 13.3 Å². The van der Waals surface area contributed by atoms with Crippen molar-refractivity contribution in [3.05, 3.63) is 48.0 Å². The Morgan fingerprint density at radius 1 is 1.04 bits per heavy atom. The van der Waals surface area contributed by atoms with E-state index in [-0.39, 0.29) is 6.61 Å². The average molecular weight is 322 g/mol. The number of benzene rings is 2. The van der Waals surface area contributed by atoms with Gasteiger partial charge < -0.3 is 9.47 Å². The van der Waals surface area contributed by atoms with Crippen molar-refractivity contribution in [3.63, 3.8) is 0 Å². The van der Waals surface area contributed by atoms with Crippen molar-refractivity contribution < 1.29 is 27.8 Å². The normalized spacial score (nSPS) is 11.3. The molecule has 0 spiro atoms. The van der Waals surface area contributed by atoms with Gasteiger partial charge in [-0.05, 0) is 16.3 Å². The van der Waals surface area contributed by atoms with Crippen molar-refractivity contribution in [1.29, 1.82) is 0 Å². The summed E-state index contributed by atoms with van der Waals surface area (Å²) in [7, 11) is 0. The Labute approximate surface area is 132 Å². The summed E-state index contributed by atoms with van der Waals surface area (Å²) in [5.74, 6) is -6.22. The van der Waals surface area contributed by atoms with Crippen LogP contribution in [0.5, 0.6) is 0 Å². The van der Waals surface area contributed by atoms with Crippen LogP contribution in [0.1, 0.15) is 12.5 Å². The molecule has 2 aromatic carbocycles. The van der Waals surface area contributed by atoms with Gasteiger partial charge in [0.1, 0.15) is 0 Å². The Kier molecular flexibility index (Phi) is 5.26. The van der Waals surface area contributed by atoms with Crippen molar-refractivity contribution in [2.24, 2.45) is 0 Å². The van der Waals surface area contributed by atoms with E-state index in [0.29, 0.717) is 13.3 Å². The fourth-order valence-electron chi connectivity index (χ4n) is 1.97. The van der Waals surface area contributed by atoms with E-state index in [0.717, 1.165) is 16.3 Å². The minimum atomic E-state index is -3.62. The number of fused-ring (bicyclic) bond motifs is 1. The van der Waals surface area contributed by atoms with Crippen LogP contribution in [0, 0.1) is 0 Å². The first kappa shape index (κ1) is 16.9. The first-order valence-corrected chi connectivity index (χ1v) is 7.04. The smallest absolute Gasteiger partial charge is 0.377 e. The second-order valence-electron chi connectivity index (χ2n) is 5.12. The predicted molar refractivity (Wildman–Crippen MR) is 80.2 cm³/mol. The summed E-state index contributed by atoms with van der Waals surface area (Å²) in [6.45, 7) is -0.336. The van der Waals surface area contributed by atoms with Gasteiger partial charge in [0.2, 0.25) is 0 Å². The highest BCUT2D eigenvalue weighted by Crippen LogP contribution is 2.16. The first-order chi connectivity index (χ1) is 10.9. The minimum absolute atomic E-state index is 0.0806. The van der Waals surface area contributed by atoms with E-state index in [4.69, 9.17) is 4.74 Å². The van der Waals surface area contributed by atoms with E-state index in [1.165, 1.54) is 0 Å². The SMILES string of the molecule is CC(F)(F)C(=O)OCC(=O)OCCc1ccc2ccccc2c1. The van der Waals surface area contributed by atoms with Crippen molar-refractivity contribution in [1.82, 2.24) is 0 Å². The lowest BCUT2D eigenvalue weighted by Crippen LogP contribution is -2.29. The third-order valence-corrected chi connectivity index (χ3v) is 3.15. The maximum Gasteiger partial charge on any atom is 0.377 e. The number of halogens is 2. The predicted octanol–water partition coefficient (Wildman–Crippen LogP) is 3.12. The Morgan fingerprint density at radius 2 is 1.74 bits per heavy atom. The van der Waals surface area contributed by atoms with E-state index in [9.17, 15) is 18.4 Å². The van der Waals surface area contributed by atoms with Crippen LogP contribution < -0.4 is 0 Å². The number of carbonyl (C=O) groups is 2. The summed E-state index contributed by atoms with van der Waals surface area (Å²) in [5, 5.41) is 2.19. The zero-order valence-electron chi connectivity index (χ0n) is 12.6. The third-order valence-electron chi connectivity index (χ3n) is 3.15. The van der Waals surface area contributed by atoms with E-state index in [1.807, 2.05) is 42.5 Å². The number of carbonyl (C=O) groups excluding carboxylic acids is 2. The highest BCUT2D eigenvalue weighted by Gasteiger charge is 2.34. The number of alkyl halides is 2. The molecule has 0 heterocycles. The largest absolute Gasteiger partial charge is 0.463 e. The molecule has 0 atom stereocenters. The van der Waals surface area contributed by atoms with Crippen LogP contribution in [0.25, 0.3) is 10.8 Å². The Balaban J connectivity index is 1.77. The van der Waals surface area contributed by atoms with Crippen LogP contribution in [0.2, 0.25) is 0 Å². The van der Waals surface area contributed by atoms with Gasteiger partial charge in [0.25, 0.3) is 0 Å². The molecule has 0 N–H and O–H groups in total. The molecule has 6 heteroatoms. The van der Waals surface area contributed by atoms with Gasteiger partial charge >= 0.3 is 17.9 Å². The van der Waals surface area contributed by atoms with Crippen LogP contribution in [0.3, 0.4) is 0 Å². The van der Waals surface area contributed by atoms with E-state index in [2.05, 4.69) is 4.74 Å². The minimum Gasteiger partial charge on any atom is -0.463 e. The van der Waals surface area contributed by atoms with E-state index in [1.54, 1.807) is 0 Å². The summed E-state index contributed by atoms with van der Waals surface area (Å²) in [6.07, 6.45) is 0.481. The van der Waals surface area contributed by atoms with E-state index >= 15 is 0 Å². The summed E-state index contributed by atoms with van der Waals surface area (Å²) in [5.41, 5.74) is 0.980. The van der Waals surface area contributed by atoms with Crippen molar-refractivity contribution in [2.75, 3.05) is 13.2 Å². The lowest BCUT2D eigenvalue weighted by atomic mass is 10.1. The molecule has 0 unspecified atom stereocenters. The van der Waals surface area contributed by atoms with Crippen LogP contribution in [0.4, 0.5) is 8.78 Å². The number of hydrogen-bond acceptors (Lipinski definition) is 4. The van der Waals surface area contributed by atoms with Gasteiger partial charge in [-0.25, -0.2) is 9.59 Å².